The molecule has 0 atom stereocenters. The standard InChI is InChI=1S/C15H16N2O3S/c18-14-13(21-15(19)17-14)9-10-1-3-11(4-2-10)20-12-5-7-16-8-6-12/h1-4,9,12,16H,5-8H2,(H,17,18,19). The minimum atomic E-state index is -0.333. The smallest absolute Gasteiger partial charge is 0.290 e. The second kappa shape index (κ2) is 6.32. The maximum absolute atomic E-state index is 11.5. The Balaban J connectivity index is 1.65. The maximum atomic E-state index is 11.5. The van der Waals surface area contributed by atoms with Crippen molar-refractivity contribution in [2.24, 2.45) is 0 Å². The third-order valence-electron chi connectivity index (χ3n) is 3.41. The Morgan fingerprint density at radius 1 is 1.14 bits per heavy atom. The van der Waals surface area contributed by atoms with Gasteiger partial charge in [-0.25, -0.2) is 0 Å². The zero-order chi connectivity index (χ0) is 14.7. The monoisotopic (exact) mass is 304 g/mol. The van der Waals surface area contributed by atoms with Crippen LogP contribution in [0.25, 0.3) is 6.08 Å². The van der Waals surface area contributed by atoms with E-state index in [1.165, 1.54) is 0 Å². The van der Waals surface area contributed by atoms with E-state index in [9.17, 15) is 9.59 Å². The molecule has 0 radical (unpaired) electrons. The highest BCUT2D eigenvalue weighted by Gasteiger charge is 2.24. The van der Waals surface area contributed by atoms with Crippen LogP contribution in [-0.4, -0.2) is 30.3 Å². The summed E-state index contributed by atoms with van der Waals surface area (Å²) in [6.07, 6.45) is 4.01. The van der Waals surface area contributed by atoms with Gasteiger partial charge in [-0.3, -0.25) is 14.9 Å². The number of thioether (sulfide) groups is 1. The predicted octanol–water partition coefficient (Wildman–Crippen LogP) is 2.14. The lowest BCUT2D eigenvalue weighted by Gasteiger charge is -2.23. The van der Waals surface area contributed by atoms with Gasteiger partial charge < -0.3 is 10.1 Å². The first-order valence-corrected chi connectivity index (χ1v) is 7.75. The van der Waals surface area contributed by atoms with Crippen LogP contribution in [0.5, 0.6) is 5.75 Å². The summed E-state index contributed by atoms with van der Waals surface area (Å²) in [5.74, 6) is 0.503. The van der Waals surface area contributed by atoms with Crippen LogP contribution in [0.1, 0.15) is 18.4 Å². The molecule has 0 aliphatic carbocycles. The summed E-state index contributed by atoms with van der Waals surface area (Å²) < 4.78 is 5.92. The summed E-state index contributed by atoms with van der Waals surface area (Å²) in [6.45, 7) is 1.99. The molecule has 0 unspecified atom stereocenters. The Hall–Kier alpha value is -1.79. The first-order chi connectivity index (χ1) is 10.2. The van der Waals surface area contributed by atoms with Gasteiger partial charge >= 0.3 is 0 Å². The predicted molar refractivity (Wildman–Crippen MR) is 82.1 cm³/mol. The molecule has 2 fully saturated rings. The van der Waals surface area contributed by atoms with Crippen LogP contribution in [0.2, 0.25) is 0 Å². The average Bonchev–Trinajstić information content (AvgIpc) is 2.80. The fraction of sp³-hybridized carbons (Fsp3) is 0.333. The van der Waals surface area contributed by atoms with Gasteiger partial charge in [0.2, 0.25) is 0 Å². The van der Waals surface area contributed by atoms with Gasteiger partial charge in [0.15, 0.2) is 0 Å². The zero-order valence-corrected chi connectivity index (χ0v) is 12.2. The second-order valence-electron chi connectivity index (χ2n) is 4.99. The van der Waals surface area contributed by atoms with Crippen molar-refractivity contribution in [3.63, 3.8) is 0 Å². The van der Waals surface area contributed by atoms with Crippen LogP contribution in [0.15, 0.2) is 29.2 Å². The number of nitrogens with one attached hydrogen (secondary N) is 2. The molecule has 110 valence electrons. The summed E-state index contributed by atoms with van der Waals surface area (Å²) in [5.41, 5.74) is 0.875. The fourth-order valence-electron chi connectivity index (χ4n) is 2.32. The number of ether oxygens (including phenoxy) is 1. The van der Waals surface area contributed by atoms with Crippen LogP contribution >= 0.6 is 11.8 Å². The van der Waals surface area contributed by atoms with Crippen molar-refractivity contribution >= 4 is 29.0 Å². The van der Waals surface area contributed by atoms with Crippen molar-refractivity contribution in [2.45, 2.75) is 18.9 Å². The second-order valence-corrected chi connectivity index (χ2v) is 6.00. The Kier molecular flexibility index (Phi) is 4.26. The lowest BCUT2D eigenvalue weighted by Crippen LogP contribution is -2.34. The molecule has 3 rings (SSSR count). The highest BCUT2D eigenvalue weighted by atomic mass is 32.2. The first-order valence-electron chi connectivity index (χ1n) is 6.93. The van der Waals surface area contributed by atoms with E-state index >= 15 is 0 Å². The number of imide groups is 1. The van der Waals surface area contributed by atoms with Crippen LogP contribution in [0.3, 0.4) is 0 Å². The molecule has 2 aliphatic rings. The van der Waals surface area contributed by atoms with Gasteiger partial charge in [0.05, 0.1) is 4.91 Å². The summed E-state index contributed by atoms with van der Waals surface area (Å²) in [7, 11) is 0. The lowest BCUT2D eigenvalue weighted by atomic mass is 10.1. The molecule has 6 heteroatoms. The Labute approximate surface area is 127 Å². The van der Waals surface area contributed by atoms with Crippen LogP contribution in [0, 0.1) is 0 Å². The van der Waals surface area contributed by atoms with E-state index in [-0.39, 0.29) is 17.3 Å². The Morgan fingerprint density at radius 3 is 2.48 bits per heavy atom. The minimum Gasteiger partial charge on any atom is -0.490 e. The van der Waals surface area contributed by atoms with E-state index in [1.807, 2.05) is 24.3 Å². The van der Waals surface area contributed by atoms with Crippen molar-refractivity contribution in [2.75, 3.05) is 13.1 Å². The molecule has 0 bridgehead atoms. The largest absolute Gasteiger partial charge is 0.490 e. The fourth-order valence-corrected chi connectivity index (χ4v) is 3.00. The van der Waals surface area contributed by atoms with Crippen molar-refractivity contribution in [1.29, 1.82) is 0 Å². The number of rotatable bonds is 3. The zero-order valence-electron chi connectivity index (χ0n) is 11.4. The minimum absolute atomic E-state index is 0.268. The van der Waals surface area contributed by atoms with Crippen molar-refractivity contribution in [1.82, 2.24) is 10.6 Å². The molecule has 0 aromatic heterocycles. The number of piperidine rings is 1. The summed E-state index contributed by atoms with van der Waals surface area (Å²) in [5, 5.41) is 5.22. The Morgan fingerprint density at radius 2 is 1.86 bits per heavy atom. The molecular formula is C15H16N2O3S. The molecule has 5 nitrogen and oxygen atoms in total. The molecule has 21 heavy (non-hydrogen) atoms. The van der Waals surface area contributed by atoms with Gasteiger partial charge in [0, 0.05) is 0 Å². The summed E-state index contributed by atoms with van der Waals surface area (Å²) in [6, 6.07) is 7.57. The van der Waals surface area contributed by atoms with Crippen LogP contribution in [0.4, 0.5) is 4.79 Å². The molecule has 0 saturated carbocycles. The number of amides is 2. The highest BCUT2D eigenvalue weighted by molar-refractivity contribution is 8.18. The van der Waals surface area contributed by atoms with Gasteiger partial charge in [-0.2, -0.15) is 0 Å². The van der Waals surface area contributed by atoms with Gasteiger partial charge in [0.1, 0.15) is 11.9 Å². The van der Waals surface area contributed by atoms with Gasteiger partial charge in [-0.05, 0) is 61.5 Å². The summed E-state index contributed by atoms with van der Waals surface area (Å²) in [4.78, 5) is 23.0. The van der Waals surface area contributed by atoms with Crippen LogP contribution < -0.4 is 15.4 Å². The van der Waals surface area contributed by atoms with Gasteiger partial charge in [-0.1, -0.05) is 12.1 Å². The first kappa shape index (κ1) is 14.2. The molecular weight excluding hydrogens is 288 g/mol. The molecule has 2 aliphatic heterocycles. The molecule has 2 N–H and O–H groups in total. The van der Waals surface area contributed by atoms with E-state index in [4.69, 9.17) is 4.74 Å². The van der Waals surface area contributed by atoms with Crippen molar-refractivity contribution in [3.8, 4) is 5.75 Å². The van der Waals surface area contributed by atoms with E-state index < -0.39 is 0 Å². The highest BCUT2D eigenvalue weighted by Crippen LogP contribution is 2.26. The van der Waals surface area contributed by atoms with Gasteiger partial charge in [-0.15, -0.1) is 0 Å². The quantitative estimate of drug-likeness (QED) is 0.838. The Bertz CT molecular complexity index is 577. The third-order valence-corrected chi connectivity index (χ3v) is 4.22. The maximum Gasteiger partial charge on any atom is 0.290 e. The third kappa shape index (κ3) is 3.65. The van der Waals surface area contributed by atoms with E-state index in [0.717, 1.165) is 49.0 Å². The molecule has 2 heterocycles. The number of carbonyl (C=O) groups excluding carboxylic acids is 2. The van der Waals surface area contributed by atoms with E-state index in [0.29, 0.717) is 4.91 Å². The molecule has 1 aromatic rings. The van der Waals surface area contributed by atoms with E-state index in [1.54, 1.807) is 6.08 Å². The van der Waals surface area contributed by atoms with Gasteiger partial charge in [0.25, 0.3) is 11.1 Å². The molecule has 1 aromatic carbocycles. The average molecular weight is 304 g/mol. The van der Waals surface area contributed by atoms with Crippen molar-refractivity contribution in [3.05, 3.63) is 34.7 Å². The van der Waals surface area contributed by atoms with Crippen LogP contribution in [-0.2, 0) is 4.79 Å². The summed E-state index contributed by atoms with van der Waals surface area (Å²) >= 11 is 0.925. The molecule has 2 saturated heterocycles. The number of carbonyl (C=O) groups is 2. The number of hydrogen-bond donors (Lipinski definition) is 2. The topological polar surface area (TPSA) is 67.4 Å². The molecule has 0 spiro atoms. The SMILES string of the molecule is O=C1NC(=O)C(=Cc2ccc(OC3CCNCC3)cc2)S1. The van der Waals surface area contributed by atoms with Crippen molar-refractivity contribution < 1.29 is 14.3 Å². The normalized spacial score (nSPS) is 21.6. The number of benzene rings is 1. The van der Waals surface area contributed by atoms with E-state index in [2.05, 4.69) is 10.6 Å². The number of hydrogen-bond acceptors (Lipinski definition) is 5. The lowest BCUT2D eigenvalue weighted by molar-refractivity contribution is -0.115. The molecule has 2 amide bonds.